The fraction of sp³-hybridized carbons (Fsp3) is 0.464. The van der Waals surface area contributed by atoms with E-state index in [4.69, 9.17) is 78.7 Å². The first-order valence-corrected chi connectivity index (χ1v) is 50.3. The molecule has 2 amide bonds. The second kappa shape index (κ2) is 44.8. The fourth-order valence-corrected chi connectivity index (χ4v) is 20.0. The van der Waals surface area contributed by atoms with Crippen LogP contribution in [0.15, 0.2) is 173 Å². The Morgan fingerprint density at radius 1 is 0.493 bits per heavy atom. The fourth-order valence-electron chi connectivity index (χ4n) is 18.4. The molecular weight excluding hydrogens is 1900 g/mol. The van der Waals surface area contributed by atoms with Crippen LogP contribution in [0.25, 0.3) is 112 Å². The molecule has 5 unspecified atom stereocenters. The molecule has 7 heterocycles. The van der Waals surface area contributed by atoms with Crippen LogP contribution in [0.4, 0.5) is 5.82 Å². The number of carbonyl (C=O) groups excluding carboxylic acids is 6. The zero-order valence-corrected chi connectivity index (χ0v) is 91.3. The van der Waals surface area contributed by atoms with E-state index in [2.05, 4.69) is 120 Å². The van der Waals surface area contributed by atoms with E-state index in [9.17, 15) is 19.2 Å². The van der Waals surface area contributed by atoms with E-state index in [-0.39, 0.29) is 135 Å². The number of amides is 2. The molecular formula is C112H135CuN12O12S2Zn-. The summed E-state index contributed by atoms with van der Waals surface area (Å²) in [6.45, 7) is 51.3. The summed E-state index contributed by atoms with van der Waals surface area (Å²) in [5.41, 5.74) is 5.58. The Kier molecular flexibility index (Phi) is 35.1. The molecule has 2 aliphatic carbocycles. The molecule has 10 aromatic rings. The number of ether oxygens (including phenoxy) is 4. The number of nitrogens with one attached hydrogen (secondary N) is 2. The molecule has 24 nitrogen and oxygen atoms in total. The monoisotopic (exact) mass is 2030 g/mol. The summed E-state index contributed by atoms with van der Waals surface area (Å²) in [6, 6.07) is 48.9. The minimum Gasteiger partial charge on any atom is -0.481 e. The van der Waals surface area contributed by atoms with Gasteiger partial charge >= 0.3 is 40.9 Å². The quantitative estimate of drug-likeness (QED) is 0.0186. The Bertz CT molecular complexity index is 6470. The van der Waals surface area contributed by atoms with Crippen molar-refractivity contribution >= 4 is 133 Å². The van der Waals surface area contributed by atoms with Crippen molar-refractivity contribution in [3.63, 3.8) is 0 Å². The molecule has 3 N–H and O–H groups in total. The summed E-state index contributed by atoms with van der Waals surface area (Å²) in [5, 5.41) is 16.3. The maximum Gasteiger partial charge on any atom is 2.00 e. The zero-order valence-electron chi connectivity index (χ0n) is 85.7. The van der Waals surface area contributed by atoms with Crippen molar-refractivity contribution in [2.75, 3.05) is 30.0 Å². The summed E-state index contributed by atoms with van der Waals surface area (Å²) in [6.07, 6.45) is 6.43. The van der Waals surface area contributed by atoms with E-state index in [0.717, 1.165) is 99.9 Å². The number of anilines is 1. The molecule has 140 heavy (non-hydrogen) atoms. The van der Waals surface area contributed by atoms with Crippen molar-refractivity contribution < 1.29 is 94.2 Å². The number of benzene rings is 6. The number of carbonyl (C=O) groups is 7. The molecule has 2 fully saturated rings. The van der Waals surface area contributed by atoms with Crippen LogP contribution in [0.5, 0.6) is 0 Å². The third-order valence-electron chi connectivity index (χ3n) is 27.2. The smallest absolute Gasteiger partial charge is 0.481 e. The number of aliphatic carboxylic acids is 1. The Morgan fingerprint density at radius 3 is 1.31 bits per heavy atom. The molecule has 8 bridgehead atoms. The number of hydrogen-bond donors (Lipinski definition) is 3. The maximum atomic E-state index is 15.8. The van der Waals surface area contributed by atoms with Crippen molar-refractivity contribution in [2.45, 2.75) is 240 Å². The second-order valence-corrected chi connectivity index (χ2v) is 46.5. The van der Waals surface area contributed by atoms with Crippen LogP contribution in [0.3, 0.4) is 0 Å². The van der Waals surface area contributed by atoms with Crippen LogP contribution in [0.2, 0.25) is 0 Å². The van der Waals surface area contributed by atoms with Gasteiger partial charge in [-0.25, -0.2) is 24.5 Å². The number of aromatic nitrogens is 9. The van der Waals surface area contributed by atoms with Gasteiger partial charge in [0.2, 0.25) is 5.91 Å². The number of thioether (sulfide) groups is 2. The van der Waals surface area contributed by atoms with Crippen LogP contribution < -0.4 is 25.6 Å². The number of nitrogens with zero attached hydrogens (tertiary/aromatic N) is 10. The van der Waals surface area contributed by atoms with Crippen molar-refractivity contribution in [2.24, 2.45) is 78.4 Å². The first kappa shape index (κ1) is 110. The number of allylic oxidation sites excluding steroid dienone is 1. The first-order chi connectivity index (χ1) is 64.9. The molecule has 5 aliphatic rings. The molecule has 3 aliphatic heterocycles. The van der Waals surface area contributed by atoms with Gasteiger partial charge in [-0.05, 0) is 181 Å². The molecule has 6 aromatic carbocycles. The number of carboxylic acid groups (broad SMARTS) is 1. The molecule has 1 radical (unpaired) electrons. The summed E-state index contributed by atoms with van der Waals surface area (Å²) in [5.74, 6) is 0.920. The first-order valence-electron chi connectivity index (χ1n) is 48.3. The van der Waals surface area contributed by atoms with Crippen LogP contribution in [0, 0.1) is 73.4 Å². The van der Waals surface area contributed by atoms with Gasteiger partial charge in [-0.2, -0.15) is 0 Å². The van der Waals surface area contributed by atoms with Crippen LogP contribution in [0.1, 0.15) is 240 Å². The van der Waals surface area contributed by atoms with E-state index >= 15 is 9.59 Å². The molecule has 5 atom stereocenters. The predicted octanol–water partition coefficient (Wildman–Crippen LogP) is 24.3. The SMILES string of the molecule is CC(=O)O.CCC(C)(C)C(=O)OCCCSc1ccc2c3nc4nc(nc5[n-]c(nc6nc(nc([n-]3)c2c1)-c1ccccc1-6)c1ccccc51)-c1ccccc1-4.CCC(C)(C)C(=O)OCCSC(C)C(=O)Nc1[n-]c(C=C2N=C(NC(=O)C(C)(C)C)C(C(=O)OC3C(C(C)(C)C)CC(C)CC3C(C)(C)C)=C2c2ccccc2)c(-c2ccccc2)c1C(=O)OC1C(C(C)(C)C)CC(C)CC1C(C)(C)C.[Cu+2].[Zn]. The Morgan fingerprint density at radius 2 is 0.886 bits per heavy atom. The summed E-state index contributed by atoms with van der Waals surface area (Å²) < 4.78 is 25.1. The van der Waals surface area contributed by atoms with E-state index < -0.39 is 57.5 Å². The Balaban J connectivity index is 0.000000275. The normalized spacial score (nSPS) is 18.7. The minimum atomic E-state index is -0.874. The van der Waals surface area contributed by atoms with Crippen LogP contribution >= 0.6 is 23.5 Å². The largest absolute Gasteiger partial charge is 2.00 e. The molecule has 28 heteroatoms. The third-order valence-corrected chi connectivity index (χ3v) is 29.4. The zero-order chi connectivity index (χ0) is 100. The van der Waals surface area contributed by atoms with Gasteiger partial charge in [-0.3, -0.25) is 24.0 Å². The Hall–Kier alpha value is -10.8. The molecule has 741 valence electrons. The van der Waals surface area contributed by atoms with Gasteiger partial charge in [0, 0.05) is 122 Å². The van der Waals surface area contributed by atoms with Gasteiger partial charge in [0.05, 0.1) is 57.2 Å². The van der Waals surface area contributed by atoms with Gasteiger partial charge in [-0.15, -0.1) is 23.5 Å². The average molecular weight is 2030 g/mol. The number of carboxylic acids is 1. The predicted molar refractivity (Wildman–Crippen MR) is 552 cm³/mol. The van der Waals surface area contributed by atoms with Crippen LogP contribution in [-0.2, 0) is 84.3 Å². The number of fused-ring (bicyclic) bond motifs is 20. The average Bonchev–Trinajstić information content (AvgIpc) is 1.66. The van der Waals surface area contributed by atoms with E-state index in [1.807, 2.05) is 181 Å². The number of esters is 4. The number of rotatable bonds is 22. The van der Waals surface area contributed by atoms with Crippen molar-refractivity contribution in [1.82, 2.24) is 50.2 Å². The molecule has 0 spiro atoms. The minimum absolute atomic E-state index is 0. The topological polar surface area (TPSA) is 333 Å². The van der Waals surface area contributed by atoms with Gasteiger partial charge < -0.3 is 69.6 Å². The van der Waals surface area contributed by atoms with E-state index in [1.165, 1.54) is 11.8 Å². The van der Waals surface area contributed by atoms with E-state index in [0.29, 0.717) is 104 Å². The summed E-state index contributed by atoms with van der Waals surface area (Å²) >= 11 is 3.02. The van der Waals surface area contributed by atoms with Crippen molar-refractivity contribution in [3.8, 4) is 56.7 Å². The van der Waals surface area contributed by atoms with Gasteiger partial charge in [0.1, 0.15) is 30.2 Å². The Labute approximate surface area is 856 Å². The number of hydrogen-bond acceptors (Lipinski definition) is 20. The summed E-state index contributed by atoms with van der Waals surface area (Å²) in [4.78, 5) is 146. The van der Waals surface area contributed by atoms with Crippen molar-refractivity contribution in [3.05, 3.63) is 180 Å². The van der Waals surface area contributed by atoms with Gasteiger partial charge in [0.15, 0.2) is 5.91 Å². The third kappa shape index (κ3) is 25.5. The van der Waals surface area contributed by atoms with Gasteiger partial charge in [0.25, 0.3) is 5.97 Å². The standard InChI is InChI=1S/C69H100N4O8S.C41H32N8O2S.C2H4O2.Cu.Zn/c1-22-69(20,21)63(78)79-33-34-82-42(4)59(74)72-57-53(60(75)80-55-45(64(5,6)7)35-40(2)36-46(55)65(8,9)10)51(43-29-25-23-26-30-43)49(70-57)39-50-52(44-31-27-24-28-32-44)54(58(71-50)73-62(77)68(17,18)19)61(76)81-56-47(66(11,12)13)37-41(3)38-48(56)67(14,15)16;1-4-41(2,3)40(50)51-20-11-21-52-23-18-19-30-31(22-23)39-48-37-29-17-10-9-16-28(29)35(46-37)44-33-25-13-6-5-12-24(25)32(42-33)43-34-26-14-7-8-15-27(26)36(45-34)47-38(30)49-39;1-2(3)4;;/h23-32,39-42,45-48,55-56H,22,33-38H2,1-21H3,(H3,70,71,72,73,74,75,76,77);5-10,12-19,22H,4,11,20-21H2,1-3H3;1H3,(H,3,4);;/q;-2;;+2;/p-1. The van der Waals surface area contributed by atoms with Gasteiger partial charge in [-0.1, -0.05) is 271 Å². The number of aliphatic imine (C=N–C) groups is 1. The summed E-state index contributed by atoms with van der Waals surface area (Å²) in [7, 11) is 0. The maximum absolute atomic E-state index is 15.8. The molecule has 2 saturated carbocycles. The van der Waals surface area contributed by atoms with Crippen LogP contribution in [-0.4, -0.2) is 125 Å². The molecule has 15 rings (SSSR count). The molecule has 0 saturated heterocycles. The van der Waals surface area contributed by atoms with Crippen molar-refractivity contribution in [1.29, 1.82) is 0 Å². The van der Waals surface area contributed by atoms with E-state index in [1.54, 1.807) is 45.5 Å². The second-order valence-electron chi connectivity index (χ2n) is 43.9. The number of amidine groups is 1. The molecule has 4 aromatic heterocycles.